The molecule has 0 radical (unpaired) electrons. The lowest BCUT2D eigenvalue weighted by Gasteiger charge is -2.36. The number of amides is 1. The zero-order valence-corrected chi connectivity index (χ0v) is 19.6. The van der Waals surface area contributed by atoms with E-state index < -0.39 is 0 Å². The van der Waals surface area contributed by atoms with E-state index >= 15 is 0 Å². The van der Waals surface area contributed by atoms with Crippen LogP contribution in [0.15, 0.2) is 42.6 Å². The number of hydrogen-bond acceptors (Lipinski definition) is 5. The Balaban J connectivity index is 1.36. The lowest BCUT2D eigenvalue weighted by molar-refractivity contribution is -0.00546. The molecule has 0 spiro atoms. The quantitative estimate of drug-likeness (QED) is 0.630. The fourth-order valence-corrected chi connectivity index (χ4v) is 4.10. The van der Waals surface area contributed by atoms with Crippen LogP contribution >= 0.6 is 11.6 Å². The van der Waals surface area contributed by atoms with Gasteiger partial charge in [-0.15, -0.1) is 0 Å². The van der Waals surface area contributed by atoms with E-state index in [2.05, 4.69) is 34.1 Å². The number of carbonyl (C=O) groups excluding carboxylic acids is 1. The molecule has 32 heavy (non-hydrogen) atoms. The first kappa shape index (κ1) is 22.3. The van der Waals surface area contributed by atoms with Gasteiger partial charge in [0, 0.05) is 31.4 Å². The van der Waals surface area contributed by atoms with Crippen LogP contribution in [0.1, 0.15) is 41.2 Å². The van der Waals surface area contributed by atoms with Gasteiger partial charge in [0.1, 0.15) is 5.82 Å². The standard InChI is InChI=1S/C24H28ClN5O2/c1-15-13-29(14-16(2)32-15)22-10-5-19(11-26-22)12-27-24(31)20-6-8-21(9-7-20)30-18(4)23(25)17(3)28-30/h5-11,15-16H,12-14H2,1-4H3,(H,27,31). The molecule has 0 saturated carbocycles. The predicted molar refractivity (Wildman–Crippen MR) is 126 cm³/mol. The Kier molecular flexibility index (Phi) is 6.48. The molecule has 1 N–H and O–H groups in total. The first-order valence-electron chi connectivity index (χ1n) is 10.8. The second-order valence-electron chi connectivity index (χ2n) is 8.31. The first-order valence-corrected chi connectivity index (χ1v) is 11.2. The van der Waals surface area contributed by atoms with Crippen LogP contribution in [-0.4, -0.2) is 46.0 Å². The number of morpholine rings is 1. The normalized spacial score (nSPS) is 18.6. The molecular weight excluding hydrogens is 426 g/mol. The molecule has 2 aromatic heterocycles. The number of halogens is 1. The van der Waals surface area contributed by atoms with Gasteiger partial charge in [-0.1, -0.05) is 17.7 Å². The number of pyridine rings is 1. The first-order chi connectivity index (χ1) is 15.3. The summed E-state index contributed by atoms with van der Waals surface area (Å²) < 4.78 is 7.57. The number of hydrogen-bond donors (Lipinski definition) is 1. The molecule has 1 amide bonds. The lowest BCUT2D eigenvalue weighted by Crippen LogP contribution is -2.45. The second-order valence-corrected chi connectivity index (χ2v) is 8.69. The van der Waals surface area contributed by atoms with E-state index in [9.17, 15) is 4.79 Å². The number of aryl methyl sites for hydroxylation is 1. The zero-order valence-electron chi connectivity index (χ0n) is 18.8. The number of ether oxygens (including phenoxy) is 1. The van der Waals surface area contributed by atoms with Gasteiger partial charge in [0.2, 0.25) is 0 Å². The summed E-state index contributed by atoms with van der Waals surface area (Å²) in [5.74, 6) is 0.796. The SMILES string of the molecule is Cc1nn(-c2ccc(C(=O)NCc3ccc(N4CC(C)OC(C)C4)nc3)cc2)c(C)c1Cl. The number of benzene rings is 1. The minimum absolute atomic E-state index is 0.136. The molecular formula is C24H28ClN5O2. The fourth-order valence-electron chi connectivity index (χ4n) is 3.99. The Morgan fingerprint density at radius 3 is 2.38 bits per heavy atom. The van der Waals surface area contributed by atoms with Gasteiger partial charge in [-0.25, -0.2) is 9.67 Å². The number of nitrogens with one attached hydrogen (secondary N) is 1. The van der Waals surface area contributed by atoms with Gasteiger partial charge in [0.15, 0.2) is 0 Å². The Bertz CT molecular complexity index is 1080. The number of carbonyl (C=O) groups is 1. The molecule has 1 aromatic carbocycles. The van der Waals surface area contributed by atoms with Gasteiger partial charge in [-0.2, -0.15) is 5.10 Å². The molecule has 0 aliphatic carbocycles. The minimum atomic E-state index is -0.136. The molecule has 8 heteroatoms. The van der Waals surface area contributed by atoms with Crippen molar-refractivity contribution in [2.24, 2.45) is 0 Å². The number of nitrogens with zero attached hydrogens (tertiary/aromatic N) is 4. The van der Waals surface area contributed by atoms with Crippen LogP contribution in [0.25, 0.3) is 5.69 Å². The van der Waals surface area contributed by atoms with Crippen LogP contribution in [0.4, 0.5) is 5.82 Å². The average molecular weight is 454 g/mol. The largest absolute Gasteiger partial charge is 0.372 e. The van der Waals surface area contributed by atoms with Crippen LogP contribution in [0.2, 0.25) is 5.02 Å². The van der Waals surface area contributed by atoms with Gasteiger partial charge >= 0.3 is 0 Å². The summed E-state index contributed by atoms with van der Waals surface area (Å²) in [6, 6.07) is 11.3. The van der Waals surface area contributed by atoms with E-state index in [1.807, 2.05) is 44.3 Å². The van der Waals surface area contributed by atoms with E-state index in [-0.39, 0.29) is 18.1 Å². The summed E-state index contributed by atoms with van der Waals surface area (Å²) in [5.41, 5.74) is 4.05. The highest BCUT2D eigenvalue weighted by Gasteiger charge is 2.23. The van der Waals surface area contributed by atoms with E-state index in [1.54, 1.807) is 16.8 Å². The lowest BCUT2D eigenvalue weighted by atomic mass is 10.2. The molecule has 4 rings (SSSR count). The van der Waals surface area contributed by atoms with Gasteiger partial charge < -0.3 is 15.0 Å². The molecule has 168 valence electrons. The summed E-state index contributed by atoms with van der Waals surface area (Å²) >= 11 is 6.24. The maximum Gasteiger partial charge on any atom is 0.251 e. The van der Waals surface area contributed by atoms with E-state index in [1.165, 1.54) is 0 Å². The molecule has 1 saturated heterocycles. The Morgan fingerprint density at radius 1 is 1.12 bits per heavy atom. The van der Waals surface area contributed by atoms with Crippen molar-refractivity contribution >= 4 is 23.3 Å². The Morgan fingerprint density at radius 2 is 1.81 bits per heavy atom. The Labute approximate surface area is 193 Å². The smallest absolute Gasteiger partial charge is 0.251 e. The van der Waals surface area contributed by atoms with Crippen LogP contribution in [0, 0.1) is 13.8 Å². The minimum Gasteiger partial charge on any atom is -0.372 e. The third-order valence-corrected chi connectivity index (χ3v) is 6.13. The highest BCUT2D eigenvalue weighted by atomic mass is 35.5. The summed E-state index contributed by atoms with van der Waals surface area (Å²) in [4.78, 5) is 19.4. The molecule has 1 aliphatic rings. The summed E-state index contributed by atoms with van der Waals surface area (Å²) in [5, 5.41) is 8.06. The number of anilines is 1. The van der Waals surface area contributed by atoms with Crippen LogP contribution in [0.3, 0.4) is 0 Å². The summed E-state index contributed by atoms with van der Waals surface area (Å²) in [6.45, 7) is 10.0. The van der Waals surface area contributed by atoms with Crippen molar-refractivity contribution in [3.63, 3.8) is 0 Å². The zero-order chi connectivity index (χ0) is 22.8. The molecule has 1 aliphatic heterocycles. The van der Waals surface area contributed by atoms with E-state index in [0.717, 1.165) is 41.5 Å². The van der Waals surface area contributed by atoms with Crippen LogP contribution < -0.4 is 10.2 Å². The Hall–Kier alpha value is -2.90. The van der Waals surface area contributed by atoms with Crippen molar-refractivity contribution < 1.29 is 9.53 Å². The van der Waals surface area contributed by atoms with Crippen molar-refractivity contribution in [2.75, 3.05) is 18.0 Å². The molecule has 7 nitrogen and oxygen atoms in total. The monoisotopic (exact) mass is 453 g/mol. The molecule has 3 aromatic rings. The average Bonchev–Trinajstić information content (AvgIpc) is 3.04. The summed E-state index contributed by atoms with van der Waals surface area (Å²) in [6.07, 6.45) is 2.18. The second kappa shape index (κ2) is 9.30. The fraction of sp³-hybridized carbons (Fsp3) is 0.375. The maximum atomic E-state index is 12.6. The summed E-state index contributed by atoms with van der Waals surface area (Å²) in [7, 11) is 0. The molecule has 1 fully saturated rings. The highest BCUT2D eigenvalue weighted by Crippen LogP contribution is 2.22. The topological polar surface area (TPSA) is 72.3 Å². The van der Waals surface area contributed by atoms with Gasteiger partial charge in [0.05, 0.1) is 34.3 Å². The predicted octanol–water partition coefficient (Wildman–Crippen LogP) is 4.08. The van der Waals surface area contributed by atoms with Crippen molar-refractivity contribution in [3.05, 3.63) is 70.1 Å². The highest BCUT2D eigenvalue weighted by molar-refractivity contribution is 6.31. The molecule has 0 bridgehead atoms. The van der Waals surface area contributed by atoms with Crippen molar-refractivity contribution in [1.29, 1.82) is 0 Å². The number of aromatic nitrogens is 3. The van der Waals surface area contributed by atoms with Crippen molar-refractivity contribution in [1.82, 2.24) is 20.1 Å². The molecule has 3 heterocycles. The van der Waals surface area contributed by atoms with Gasteiger partial charge in [-0.3, -0.25) is 4.79 Å². The maximum absolute atomic E-state index is 12.6. The van der Waals surface area contributed by atoms with Gasteiger partial charge in [0.25, 0.3) is 5.91 Å². The third kappa shape index (κ3) is 4.79. The van der Waals surface area contributed by atoms with E-state index in [4.69, 9.17) is 16.3 Å². The number of rotatable bonds is 5. The van der Waals surface area contributed by atoms with Crippen molar-refractivity contribution in [3.8, 4) is 5.69 Å². The van der Waals surface area contributed by atoms with E-state index in [0.29, 0.717) is 17.1 Å². The van der Waals surface area contributed by atoms with Crippen LogP contribution in [-0.2, 0) is 11.3 Å². The molecule has 2 unspecified atom stereocenters. The van der Waals surface area contributed by atoms with Crippen LogP contribution in [0.5, 0.6) is 0 Å². The van der Waals surface area contributed by atoms with Gasteiger partial charge in [-0.05, 0) is 63.6 Å². The third-order valence-electron chi connectivity index (χ3n) is 5.58. The van der Waals surface area contributed by atoms with Crippen molar-refractivity contribution in [2.45, 2.75) is 46.4 Å². The molecule has 2 atom stereocenters.